The molecule has 31 heavy (non-hydrogen) atoms. The topological polar surface area (TPSA) is 38.3 Å². The van der Waals surface area contributed by atoms with Crippen molar-refractivity contribution in [2.24, 2.45) is 45.8 Å². The van der Waals surface area contributed by atoms with Gasteiger partial charge >= 0.3 is 0 Å². The minimum absolute atomic E-state index is 0.0888. The molecule has 170 valence electrons. The monoisotopic (exact) mass is 423 g/mol. The zero-order valence-corrected chi connectivity index (χ0v) is 20.0. The number of carbonyl (C=O) groups is 1. The lowest BCUT2D eigenvalue weighted by atomic mass is 9.56. The van der Waals surface area contributed by atoms with E-state index in [9.17, 15) is 4.79 Å². The minimum Gasteiger partial charge on any atom is -0.369 e. The molecule has 0 bridgehead atoms. The molecule has 0 amide bonds. The summed E-state index contributed by atoms with van der Waals surface area (Å²) in [5.41, 5.74) is 2.74. The van der Waals surface area contributed by atoms with Crippen molar-refractivity contribution in [2.75, 3.05) is 6.54 Å². The Labute approximate surface area is 188 Å². The normalized spacial score (nSPS) is 61.7. The van der Waals surface area contributed by atoms with E-state index in [1.807, 2.05) is 0 Å². The smallest absolute Gasteiger partial charge is 0.155 e. The van der Waals surface area contributed by atoms with E-state index < -0.39 is 0 Å². The van der Waals surface area contributed by atoms with Crippen molar-refractivity contribution in [2.45, 2.75) is 103 Å². The van der Waals surface area contributed by atoms with Gasteiger partial charge in [0, 0.05) is 23.8 Å². The van der Waals surface area contributed by atoms with Crippen molar-refractivity contribution in [1.29, 1.82) is 0 Å². The largest absolute Gasteiger partial charge is 0.369 e. The fourth-order valence-corrected chi connectivity index (χ4v) is 11.0. The van der Waals surface area contributed by atoms with Gasteiger partial charge in [-0.1, -0.05) is 33.3 Å². The molecule has 0 radical (unpaired) electrons. The quantitative estimate of drug-likeness (QED) is 0.575. The summed E-state index contributed by atoms with van der Waals surface area (Å²) in [6, 6.07) is 0.558. The fourth-order valence-electron chi connectivity index (χ4n) is 11.0. The minimum atomic E-state index is 0.0888. The number of nitrogens with one attached hydrogen (secondary N) is 1. The second kappa shape index (κ2) is 5.87. The highest BCUT2D eigenvalue weighted by atomic mass is 16.5. The third-order valence-corrected chi connectivity index (χ3v) is 12.6. The van der Waals surface area contributed by atoms with E-state index in [1.54, 1.807) is 0 Å². The molecule has 3 heteroatoms. The summed E-state index contributed by atoms with van der Waals surface area (Å²) >= 11 is 0. The molecule has 3 nitrogen and oxygen atoms in total. The van der Waals surface area contributed by atoms with Crippen LogP contribution in [0.4, 0.5) is 0 Å². The van der Waals surface area contributed by atoms with E-state index in [2.05, 4.69) is 39.1 Å². The second-order valence-corrected chi connectivity index (χ2v) is 13.5. The number of hydrogen-bond acceptors (Lipinski definition) is 3. The number of ketones is 1. The first-order valence-electron chi connectivity index (χ1n) is 13.4. The van der Waals surface area contributed by atoms with Crippen LogP contribution < -0.4 is 5.32 Å². The van der Waals surface area contributed by atoms with Crippen LogP contribution in [-0.4, -0.2) is 30.1 Å². The van der Waals surface area contributed by atoms with Crippen LogP contribution in [0.15, 0.2) is 11.6 Å². The summed E-state index contributed by atoms with van der Waals surface area (Å²) in [6.45, 7) is 11.2. The molecule has 2 saturated heterocycles. The lowest BCUT2D eigenvalue weighted by Crippen LogP contribution is -2.53. The van der Waals surface area contributed by atoms with E-state index >= 15 is 0 Å². The lowest BCUT2D eigenvalue weighted by molar-refractivity contribution is -0.147. The molecule has 7 aliphatic rings. The number of fused-ring (bicyclic) bond motifs is 6. The van der Waals surface area contributed by atoms with E-state index in [1.165, 1.54) is 50.5 Å². The SMILES string of the molecule is C[C@@H]1CN[C@@H]2C(C1)O[C@]1(CC[C@H]3[C@@H]4CCC5=CC(=O)CC[C@]5(C)[C@H]4CC34CC41C)[C@@H]2C. The number of ether oxygens (including phenoxy) is 1. The van der Waals surface area contributed by atoms with Gasteiger partial charge in [0.25, 0.3) is 0 Å². The molecule has 11 atom stereocenters. The van der Waals surface area contributed by atoms with E-state index in [0.29, 0.717) is 34.7 Å². The molecule has 5 aliphatic carbocycles. The summed E-state index contributed by atoms with van der Waals surface area (Å²) in [4.78, 5) is 12.2. The molecule has 1 N–H and O–H groups in total. The van der Waals surface area contributed by atoms with Crippen molar-refractivity contribution < 1.29 is 9.53 Å². The van der Waals surface area contributed by atoms with Crippen LogP contribution in [0.3, 0.4) is 0 Å². The van der Waals surface area contributed by atoms with Crippen LogP contribution >= 0.6 is 0 Å². The highest BCUT2D eigenvalue weighted by molar-refractivity contribution is 5.91. The van der Waals surface area contributed by atoms with Gasteiger partial charge in [-0.15, -0.1) is 0 Å². The van der Waals surface area contributed by atoms with E-state index in [-0.39, 0.29) is 11.0 Å². The van der Waals surface area contributed by atoms with Crippen molar-refractivity contribution >= 4 is 5.78 Å². The predicted molar refractivity (Wildman–Crippen MR) is 121 cm³/mol. The average molecular weight is 424 g/mol. The highest BCUT2D eigenvalue weighted by Crippen LogP contribution is 2.87. The molecule has 6 fully saturated rings. The number of rotatable bonds is 0. The van der Waals surface area contributed by atoms with Crippen LogP contribution in [0.1, 0.15) is 85.5 Å². The first-order valence-corrected chi connectivity index (χ1v) is 13.4. The van der Waals surface area contributed by atoms with Gasteiger partial charge in [-0.2, -0.15) is 0 Å². The molecule has 2 heterocycles. The van der Waals surface area contributed by atoms with E-state index in [0.717, 1.165) is 43.1 Å². The Hall–Kier alpha value is -0.670. The van der Waals surface area contributed by atoms with Gasteiger partial charge < -0.3 is 10.1 Å². The molecule has 2 spiro atoms. The Morgan fingerprint density at radius 2 is 1.94 bits per heavy atom. The standard InChI is InChI=1S/C28H41NO2/c1-16-11-23-24(29-14-16)17(2)28(31-23)10-8-21-20-6-5-18-12-19(30)7-9-25(18,3)22(20)13-27(21)15-26(27,28)4/h12,16-17,20-24,29H,5-11,13-15H2,1-4H3/t16-,17+,20-,21-,22-,23?,24-,25-,26?,27?,28+/m0/s1. The molecule has 2 aliphatic heterocycles. The summed E-state index contributed by atoms with van der Waals surface area (Å²) in [5.74, 6) is 4.30. The van der Waals surface area contributed by atoms with Gasteiger partial charge in [-0.25, -0.2) is 0 Å². The lowest BCUT2D eigenvalue weighted by Gasteiger charge is -2.50. The Balaban J connectivity index is 1.24. The second-order valence-electron chi connectivity index (χ2n) is 13.5. The number of allylic oxidation sites excluding steroid dienone is 2. The van der Waals surface area contributed by atoms with Crippen molar-refractivity contribution in [3.8, 4) is 0 Å². The summed E-state index contributed by atoms with van der Waals surface area (Å²) in [5, 5.41) is 3.90. The van der Waals surface area contributed by atoms with E-state index in [4.69, 9.17) is 4.74 Å². The fraction of sp³-hybridized carbons (Fsp3) is 0.893. The van der Waals surface area contributed by atoms with Crippen molar-refractivity contribution in [3.63, 3.8) is 0 Å². The maximum absolute atomic E-state index is 12.2. The van der Waals surface area contributed by atoms with Crippen LogP contribution in [0.2, 0.25) is 0 Å². The van der Waals surface area contributed by atoms with Crippen LogP contribution in [0.5, 0.6) is 0 Å². The Bertz CT molecular complexity index is 880. The van der Waals surface area contributed by atoms with Gasteiger partial charge in [0.15, 0.2) is 5.78 Å². The van der Waals surface area contributed by atoms with Crippen LogP contribution in [0.25, 0.3) is 0 Å². The zero-order chi connectivity index (χ0) is 21.4. The van der Waals surface area contributed by atoms with Gasteiger partial charge in [-0.05, 0) is 98.5 Å². The summed E-state index contributed by atoms with van der Waals surface area (Å²) in [6.07, 6.45) is 13.6. The van der Waals surface area contributed by atoms with Crippen molar-refractivity contribution in [3.05, 3.63) is 11.6 Å². The molecular weight excluding hydrogens is 382 g/mol. The van der Waals surface area contributed by atoms with Crippen LogP contribution in [0, 0.1) is 45.8 Å². The Morgan fingerprint density at radius 3 is 2.77 bits per heavy atom. The summed E-state index contributed by atoms with van der Waals surface area (Å²) < 4.78 is 7.22. The first-order chi connectivity index (χ1) is 14.7. The molecule has 0 aromatic carbocycles. The third-order valence-electron chi connectivity index (χ3n) is 12.6. The van der Waals surface area contributed by atoms with Gasteiger partial charge in [0.1, 0.15) is 0 Å². The van der Waals surface area contributed by atoms with Gasteiger partial charge in [0.2, 0.25) is 0 Å². The molecule has 4 saturated carbocycles. The number of carbonyl (C=O) groups excluding carboxylic acids is 1. The molecule has 0 aromatic heterocycles. The number of piperidine rings is 1. The predicted octanol–water partition coefficient (Wildman–Crippen LogP) is 5.29. The van der Waals surface area contributed by atoms with Gasteiger partial charge in [-0.3, -0.25) is 4.79 Å². The molecular formula is C28H41NO2. The maximum Gasteiger partial charge on any atom is 0.155 e. The Kier molecular flexibility index (Phi) is 3.74. The number of hydrogen-bond donors (Lipinski definition) is 1. The molecule has 7 rings (SSSR count). The van der Waals surface area contributed by atoms with Crippen molar-refractivity contribution in [1.82, 2.24) is 5.32 Å². The van der Waals surface area contributed by atoms with Gasteiger partial charge in [0.05, 0.1) is 11.7 Å². The summed E-state index contributed by atoms with van der Waals surface area (Å²) in [7, 11) is 0. The average Bonchev–Trinajstić information content (AvgIpc) is 3.08. The third kappa shape index (κ3) is 2.13. The molecule has 3 unspecified atom stereocenters. The zero-order valence-electron chi connectivity index (χ0n) is 20.0. The van der Waals surface area contributed by atoms with Crippen LogP contribution in [-0.2, 0) is 9.53 Å². The Morgan fingerprint density at radius 1 is 1.10 bits per heavy atom. The molecule has 0 aromatic rings. The highest BCUT2D eigenvalue weighted by Gasteiger charge is 2.84. The first kappa shape index (κ1) is 19.8. The maximum atomic E-state index is 12.2.